The highest BCUT2D eigenvalue weighted by Gasteiger charge is 2.17. The fraction of sp³-hybridized carbons (Fsp3) is 0.133. The smallest absolute Gasteiger partial charge is 0.267 e. The van der Waals surface area contributed by atoms with Gasteiger partial charge < -0.3 is 11.1 Å². The number of nitrogens with one attached hydrogen (secondary N) is 1. The van der Waals surface area contributed by atoms with Crippen LogP contribution in [0.25, 0.3) is 10.2 Å². The van der Waals surface area contributed by atoms with Crippen LogP contribution in [0.1, 0.15) is 22.2 Å². The molecule has 2 aromatic heterocycles. The first-order valence-electron chi connectivity index (χ1n) is 6.59. The molecule has 21 heavy (non-hydrogen) atoms. The van der Waals surface area contributed by atoms with Gasteiger partial charge in [0, 0.05) is 11.1 Å². The van der Waals surface area contributed by atoms with Gasteiger partial charge in [-0.25, -0.2) is 0 Å². The van der Waals surface area contributed by atoms with Gasteiger partial charge in [0.25, 0.3) is 5.91 Å². The van der Waals surface area contributed by atoms with E-state index in [0.29, 0.717) is 15.4 Å². The van der Waals surface area contributed by atoms with Crippen LogP contribution >= 0.6 is 11.3 Å². The Morgan fingerprint density at radius 3 is 3.00 bits per heavy atom. The molecule has 1 amide bonds. The quantitative estimate of drug-likeness (QED) is 0.778. The molecule has 0 aliphatic carbocycles. The van der Waals surface area contributed by atoms with Crippen molar-refractivity contribution in [2.75, 3.05) is 11.1 Å². The molecule has 0 saturated heterocycles. The predicted molar refractivity (Wildman–Crippen MR) is 85.6 cm³/mol. The molecule has 0 spiro atoms. The molecule has 3 rings (SSSR count). The number of rotatable bonds is 3. The van der Waals surface area contributed by atoms with E-state index in [4.69, 9.17) is 5.73 Å². The van der Waals surface area contributed by atoms with Gasteiger partial charge in [0.2, 0.25) is 0 Å². The summed E-state index contributed by atoms with van der Waals surface area (Å²) in [5, 5.41) is 11.4. The lowest BCUT2D eigenvalue weighted by atomic mass is 10.1. The molecule has 0 radical (unpaired) electrons. The second-order valence-corrected chi connectivity index (χ2v) is 5.60. The van der Waals surface area contributed by atoms with Crippen molar-refractivity contribution in [3.05, 3.63) is 47.0 Å². The second-order valence-electron chi connectivity index (χ2n) is 4.60. The number of aromatic nitrogens is 2. The number of nitrogen functional groups attached to an aromatic ring is 1. The molecular formula is C15H14N4OS. The fourth-order valence-electron chi connectivity index (χ4n) is 2.10. The summed E-state index contributed by atoms with van der Waals surface area (Å²) >= 11 is 1.25. The standard InChI is InChI=1S/C15H14N4OS/c1-2-9-4-3-5-10(8-9)18-14(20)13-12(16)11-6-7-17-19-15(11)21-13/h3-8H,2,16H2,1H3,(H,18,20). The molecule has 0 fully saturated rings. The zero-order valence-corrected chi connectivity index (χ0v) is 12.3. The topological polar surface area (TPSA) is 80.9 Å². The number of anilines is 2. The van der Waals surface area contributed by atoms with Gasteiger partial charge in [-0.2, -0.15) is 5.10 Å². The van der Waals surface area contributed by atoms with Crippen LogP contribution in [0, 0.1) is 0 Å². The van der Waals surface area contributed by atoms with Gasteiger partial charge in [-0.15, -0.1) is 16.4 Å². The lowest BCUT2D eigenvalue weighted by Crippen LogP contribution is -2.12. The highest BCUT2D eigenvalue weighted by molar-refractivity contribution is 7.21. The summed E-state index contributed by atoms with van der Waals surface area (Å²) in [7, 11) is 0. The summed E-state index contributed by atoms with van der Waals surface area (Å²) in [6.45, 7) is 2.07. The van der Waals surface area contributed by atoms with Gasteiger partial charge >= 0.3 is 0 Å². The molecule has 0 atom stereocenters. The summed E-state index contributed by atoms with van der Waals surface area (Å²) in [4.78, 5) is 13.5. The normalized spacial score (nSPS) is 10.7. The van der Waals surface area contributed by atoms with Crippen molar-refractivity contribution in [2.24, 2.45) is 0 Å². The van der Waals surface area contributed by atoms with Crippen LogP contribution in [0.5, 0.6) is 0 Å². The molecule has 0 unspecified atom stereocenters. The number of thiophene rings is 1. The minimum atomic E-state index is -0.219. The summed E-state index contributed by atoms with van der Waals surface area (Å²) in [5.74, 6) is -0.219. The number of carbonyl (C=O) groups excluding carboxylic acids is 1. The fourth-order valence-corrected chi connectivity index (χ4v) is 3.03. The predicted octanol–water partition coefficient (Wildman–Crippen LogP) is 3.09. The Morgan fingerprint density at radius 2 is 2.24 bits per heavy atom. The van der Waals surface area contributed by atoms with Crippen molar-refractivity contribution in [1.82, 2.24) is 10.2 Å². The van der Waals surface area contributed by atoms with Crippen molar-refractivity contribution >= 4 is 38.8 Å². The number of aryl methyl sites for hydroxylation is 1. The molecular weight excluding hydrogens is 284 g/mol. The molecule has 6 heteroatoms. The lowest BCUT2D eigenvalue weighted by molar-refractivity contribution is 0.103. The van der Waals surface area contributed by atoms with Gasteiger partial charge in [-0.05, 0) is 30.2 Å². The number of nitrogens with two attached hydrogens (primary N) is 1. The number of hydrogen-bond acceptors (Lipinski definition) is 5. The molecule has 3 N–H and O–H groups in total. The van der Waals surface area contributed by atoms with Gasteiger partial charge in [-0.3, -0.25) is 4.79 Å². The zero-order valence-electron chi connectivity index (χ0n) is 11.5. The van der Waals surface area contributed by atoms with E-state index < -0.39 is 0 Å². The minimum Gasteiger partial charge on any atom is -0.397 e. The maximum absolute atomic E-state index is 12.4. The summed E-state index contributed by atoms with van der Waals surface area (Å²) in [6.07, 6.45) is 2.49. The van der Waals surface area contributed by atoms with Crippen LogP contribution in [0.4, 0.5) is 11.4 Å². The first-order valence-corrected chi connectivity index (χ1v) is 7.40. The maximum Gasteiger partial charge on any atom is 0.267 e. The molecule has 0 aliphatic rings. The third-order valence-electron chi connectivity index (χ3n) is 3.22. The first kappa shape index (κ1) is 13.5. The molecule has 2 heterocycles. The third-order valence-corrected chi connectivity index (χ3v) is 4.32. The monoisotopic (exact) mass is 298 g/mol. The highest BCUT2D eigenvalue weighted by atomic mass is 32.1. The van der Waals surface area contributed by atoms with Gasteiger partial charge in [-0.1, -0.05) is 19.1 Å². The zero-order chi connectivity index (χ0) is 14.8. The van der Waals surface area contributed by atoms with Crippen LogP contribution < -0.4 is 11.1 Å². The van der Waals surface area contributed by atoms with Crippen LogP contribution in [0.2, 0.25) is 0 Å². The molecule has 0 aliphatic heterocycles. The van der Waals surface area contributed by atoms with E-state index in [2.05, 4.69) is 22.4 Å². The average molecular weight is 298 g/mol. The Bertz CT molecular complexity index is 812. The number of hydrogen-bond donors (Lipinski definition) is 2. The molecule has 3 aromatic rings. The van der Waals surface area contributed by atoms with Gasteiger partial charge in [0.1, 0.15) is 9.71 Å². The van der Waals surface area contributed by atoms with E-state index in [0.717, 1.165) is 17.5 Å². The molecule has 106 valence electrons. The Labute approximate surface area is 125 Å². The summed E-state index contributed by atoms with van der Waals surface area (Å²) < 4.78 is 0. The lowest BCUT2D eigenvalue weighted by Gasteiger charge is -2.06. The number of benzene rings is 1. The van der Waals surface area contributed by atoms with E-state index in [1.165, 1.54) is 16.9 Å². The van der Waals surface area contributed by atoms with Crippen molar-refractivity contribution in [1.29, 1.82) is 0 Å². The van der Waals surface area contributed by atoms with E-state index in [1.807, 2.05) is 24.3 Å². The van der Waals surface area contributed by atoms with Crippen molar-refractivity contribution in [3.63, 3.8) is 0 Å². The minimum absolute atomic E-state index is 0.219. The van der Waals surface area contributed by atoms with E-state index in [-0.39, 0.29) is 5.91 Å². The number of carbonyl (C=O) groups is 1. The van der Waals surface area contributed by atoms with Crippen molar-refractivity contribution in [2.45, 2.75) is 13.3 Å². The summed E-state index contributed by atoms with van der Waals surface area (Å²) in [5.41, 5.74) is 8.42. The Balaban J connectivity index is 1.91. The van der Waals surface area contributed by atoms with Crippen LogP contribution in [0.3, 0.4) is 0 Å². The van der Waals surface area contributed by atoms with Crippen LogP contribution in [0.15, 0.2) is 36.5 Å². The van der Waals surface area contributed by atoms with Crippen molar-refractivity contribution < 1.29 is 4.79 Å². The largest absolute Gasteiger partial charge is 0.397 e. The second kappa shape index (κ2) is 5.49. The van der Waals surface area contributed by atoms with Crippen LogP contribution in [-0.4, -0.2) is 16.1 Å². The Morgan fingerprint density at radius 1 is 1.38 bits per heavy atom. The van der Waals surface area contributed by atoms with Crippen molar-refractivity contribution in [3.8, 4) is 0 Å². The molecule has 0 saturated carbocycles. The first-order chi connectivity index (χ1) is 10.2. The Kier molecular flexibility index (Phi) is 3.53. The molecule has 0 bridgehead atoms. The van der Waals surface area contributed by atoms with Gasteiger partial charge in [0.05, 0.1) is 11.9 Å². The highest BCUT2D eigenvalue weighted by Crippen LogP contribution is 2.32. The maximum atomic E-state index is 12.4. The number of fused-ring (bicyclic) bond motifs is 1. The van der Waals surface area contributed by atoms with E-state index >= 15 is 0 Å². The summed E-state index contributed by atoms with van der Waals surface area (Å²) in [6, 6.07) is 9.54. The number of nitrogens with zero attached hydrogens (tertiary/aromatic N) is 2. The molecule has 1 aromatic carbocycles. The average Bonchev–Trinajstić information content (AvgIpc) is 2.85. The van der Waals surface area contributed by atoms with Gasteiger partial charge in [0.15, 0.2) is 0 Å². The third kappa shape index (κ3) is 2.57. The van der Waals surface area contributed by atoms with E-state index in [1.54, 1.807) is 12.3 Å². The number of amides is 1. The SMILES string of the molecule is CCc1cccc(NC(=O)c2sc3nnccc3c2N)c1. The van der Waals surface area contributed by atoms with Crippen LogP contribution in [-0.2, 0) is 6.42 Å². The molecule has 5 nitrogen and oxygen atoms in total. The van der Waals surface area contributed by atoms with E-state index in [9.17, 15) is 4.79 Å². The Hall–Kier alpha value is -2.47.